The van der Waals surface area contributed by atoms with Crippen molar-refractivity contribution in [1.29, 1.82) is 0 Å². The zero-order valence-electron chi connectivity index (χ0n) is 15.4. The Balaban J connectivity index is 1.40. The lowest BCUT2D eigenvalue weighted by Crippen LogP contribution is -2.51. The first-order valence-electron chi connectivity index (χ1n) is 9.73. The minimum Gasteiger partial charge on any atom is -0.340 e. The van der Waals surface area contributed by atoms with Crippen molar-refractivity contribution < 1.29 is 9.59 Å². The second kappa shape index (κ2) is 7.96. The van der Waals surface area contributed by atoms with Crippen molar-refractivity contribution in [3.8, 4) is 0 Å². The summed E-state index contributed by atoms with van der Waals surface area (Å²) < 4.78 is 0. The number of rotatable bonds is 4. The molecule has 24 heavy (non-hydrogen) atoms. The summed E-state index contributed by atoms with van der Waals surface area (Å²) in [6, 6.07) is 0. The van der Waals surface area contributed by atoms with E-state index in [0.29, 0.717) is 11.7 Å². The predicted molar refractivity (Wildman–Crippen MR) is 94.8 cm³/mol. The van der Waals surface area contributed by atoms with Crippen LogP contribution in [-0.2, 0) is 9.59 Å². The number of carbonyl (C=O) groups is 2. The van der Waals surface area contributed by atoms with E-state index in [0.717, 1.165) is 57.8 Å². The maximum atomic E-state index is 12.7. The minimum atomic E-state index is 0.163. The first-order chi connectivity index (χ1) is 11.5. The van der Waals surface area contributed by atoms with Crippen molar-refractivity contribution in [3.05, 3.63) is 0 Å². The van der Waals surface area contributed by atoms with Crippen LogP contribution >= 0.6 is 0 Å². The summed E-state index contributed by atoms with van der Waals surface area (Å²) in [6.07, 6.45) is 4.92. The molecule has 1 unspecified atom stereocenters. The summed E-state index contributed by atoms with van der Waals surface area (Å²) in [7, 11) is 2.21. The van der Waals surface area contributed by atoms with Crippen LogP contribution < -0.4 is 0 Å². The smallest absolute Gasteiger partial charge is 0.225 e. The number of hydrogen-bond donors (Lipinski definition) is 0. The number of ketones is 1. The highest BCUT2D eigenvalue weighted by Crippen LogP contribution is 2.30. The first kappa shape index (κ1) is 17.9. The third kappa shape index (κ3) is 4.37. The molecule has 0 N–H and O–H groups in total. The lowest BCUT2D eigenvalue weighted by atomic mass is 9.79. The van der Waals surface area contributed by atoms with Crippen molar-refractivity contribution in [1.82, 2.24) is 14.7 Å². The third-order valence-corrected chi connectivity index (χ3v) is 6.34. The van der Waals surface area contributed by atoms with Gasteiger partial charge in [0.25, 0.3) is 0 Å². The molecule has 0 aromatic rings. The van der Waals surface area contributed by atoms with Gasteiger partial charge in [0.05, 0.1) is 0 Å². The number of hydrogen-bond acceptors (Lipinski definition) is 4. The van der Waals surface area contributed by atoms with Gasteiger partial charge in [0, 0.05) is 51.1 Å². The van der Waals surface area contributed by atoms with Crippen LogP contribution in [0.2, 0.25) is 0 Å². The molecule has 3 fully saturated rings. The van der Waals surface area contributed by atoms with Crippen LogP contribution in [0.3, 0.4) is 0 Å². The van der Waals surface area contributed by atoms with Crippen molar-refractivity contribution in [2.75, 3.05) is 52.9 Å². The van der Waals surface area contributed by atoms with Gasteiger partial charge in [0.2, 0.25) is 5.91 Å². The Bertz CT molecular complexity index is 452. The molecule has 1 atom stereocenters. The SMILES string of the molecule is CC(=O)C1CCC(C(=O)N2CCN(CC3CCN(C)C3)CC2)CC1. The lowest BCUT2D eigenvalue weighted by molar-refractivity contribution is -0.139. The highest BCUT2D eigenvalue weighted by molar-refractivity contribution is 5.81. The number of likely N-dealkylation sites (tertiary alicyclic amines) is 1. The van der Waals surface area contributed by atoms with Gasteiger partial charge in [-0.3, -0.25) is 14.5 Å². The van der Waals surface area contributed by atoms with E-state index >= 15 is 0 Å². The maximum absolute atomic E-state index is 12.7. The van der Waals surface area contributed by atoms with Gasteiger partial charge < -0.3 is 9.80 Å². The average molecular weight is 335 g/mol. The van der Waals surface area contributed by atoms with Gasteiger partial charge in [0.15, 0.2) is 0 Å². The van der Waals surface area contributed by atoms with Gasteiger partial charge in [0.1, 0.15) is 5.78 Å². The van der Waals surface area contributed by atoms with E-state index < -0.39 is 0 Å². The van der Waals surface area contributed by atoms with Crippen LogP contribution in [0, 0.1) is 17.8 Å². The fourth-order valence-electron chi connectivity index (χ4n) is 4.70. The number of amides is 1. The van der Waals surface area contributed by atoms with Gasteiger partial charge in [-0.25, -0.2) is 0 Å². The van der Waals surface area contributed by atoms with E-state index in [-0.39, 0.29) is 11.8 Å². The molecule has 2 aliphatic heterocycles. The molecule has 2 heterocycles. The van der Waals surface area contributed by atoms with Gasteiger partial charge in [-0.2, -0.15) is 0 Å². The minimum absolute atomic E-state index is 0.163. The number of carbonyl (C=O) groups excluding carboxylic acids is 2. The molecule has 1 aliphatic carbocycles. The molecule has 0 aromatic heterocycles. The van der Waals surface area contributed by atoms with Crippen molar-refractivity contribution in [3.63, 3.8) is 0 Å². The summed E-state index contributed by atoms with van der Waals surface area (Å²) >= 11 is 0. The van der Waals surface area contributed by atoms with Gasteiger partial charge in [-0.05, 0) is 58.5 Å². The molecule has 5 nitrogen and oxygen atoms in total. The highest BCUT2D eigenvalue weighted by atomic mass is 16.2. The molecular formula is C19H33N3O2. The molecule has 2 saturated heterocycles. The van der Waals surface area contributed by atoms with Crippen molar-refractivity contribution in [2.45, 2.75) is 39.0 Å². The molecule has 1 amide bonds. The Hall–Kier alpha value is -0.940. The molecular weight excluding hydrogens is 302 g/mol. The largest absolute Gasteiger partial charge is 0.340 e. The maximum Gasteiger partial charge on any atom is 0.225 e. The number of nitrogens with zero attached hydrogens (tertiary/aromatic N) is 3. The van der Waals surface area contributed by atoms with Crippen LogP contribution in [0.4, 0.5) is 0 Å². The molecule has 3 rings (SSSR count). The second-order valence-electron chi connectivity index (χ2n) is 8.20. The Morgan fingerprint density at radius 3 is 2.04 bits per heavy atom. The molecule has 0 spiro atoms. The van der Waals surface area contributed by atoms with Gasteiger partial charge in [-0.1, -0.05) is 0 Å². The predicted octanol–water partition coefficient (Wildman–Crippen LogP) is 1.48. The Morgan fingerprint density at radius 1 is 0.875 bits per heavy atom. The number of piperazine rings is 1. The van der Waals surface area contributed by atoms with Crippen molar-refractivity contribution in [2.24, 2.45) is 17.8 Å². The molecule has 136 valence electrons. The molecule has 0 aromatic carbocycles. The average Bonchev–Trinajstić information content (AvgIpc) is 3.00. The van der Waals surface area contributed by atoms with E-state index in [1.54, 1.807) is 6.92 Å². The second-order valence-corrected chi connectivity index (χ2v) is 8.20. The van der Waals surface area contributed by atoms with E-state index in [2.05, 4.69) is 21.7 Å². The number of Topliss-reactive ketones (excluding diaryl/α,β-unsaturated/α-hetero) is 1. The molecule has 0 bridgehead atoms. The summed E-state index contributed by atoms with van der Waals surface area (Å²) in [4.78, 5) is 31.3. The lowest BCUT2D eigenvalue weighted by Gasteiger charge is -2.38. The van der Waals surface area contributed by atoms with Crippen LogP contribution in [-0.4, -0.2) is 79.3 Å². The van der Waals surface area contributed by atoms with Gasteiger partial charge >= 0.3 is 0 Å². The first-order valence-corrected chi connectivity index (χ1v) is 9.73. The van der Waals surface area contributed by atoms with Crippen LogP contribution in [0.15, 0.2) is 0 Å². The standard InChI is InChI=1S/C19H33N3O2/c1-15(23)17-3-5-18(6-4-17)19(24)22-11-9-21(10-12-22)14-16-7-8-20(2)13-16/h16-18H,3-14H2,1-2H3. The van der Waals surface area contributed by atoms with E-state index in [9.17, 15) is 9.59 Å². The van der Waals surface area contributed by atoms with Crippen LogP contribution in [0.5, 0.6) is 0 Å². The van der Waals surface area contributed by atoms with Crippen LogP contribution in [0.25, 0.3) is 0 Å². The Labute approximate surface area is 146 Å². The Kier molecular flexibility index (Phi) is 5.93. The van der Waals surface area contributed by atoms with E-state index in [1.807, 2.05) is 0 Å². The summed E-state index contributed by atoms with van der Waals surface area (Å²) in [5.41, 5.74) is 0. The fourth-order valence-corrected chi connectivity index (χ4v) is 4.70. The summed E-state index contributed by atoms with van der Waals surface area (Å²) in [6.45, 7) is 9.14. The summed E-state index contributed by atoms with van der Waals surface area (Å²) in [5, 5.41) is 0. The fraction of sp³-hybridized carbons (Fsp3) is 0.895. The zero-order chi connectivity index (χ0) is 17.1. The quantitative estimate of drug-likeness (QED) is 0.780. The van der Waals surface area contributed by atoms with E-state index in [1.165, 1.54) is 26.1 Å². The monoisotopic (exact) mass is 335 g/mol. The normalized spacial score (nSPS) is 32.9. The van der Waals surface area contributed by atoms with Crippen LogP contribution in [0.1, 0.15) is 39.0 Å². The van der Waals surface area contributed by atoms with Gasteiger partial charge in [-0.15, -0.1) is 0 Å². The molecule has 3 aliphatic rings. The molecule has 1 saturated carbocycles. The van der Waals surface area contributed by atoms with E-state index in [4.69, 9.17) is 0 Å². The zero-order valence-corrected chi connectivity index (χ0v) is 15.4. The Morgan fingerprint density at radius 2 is 1.50 bits per heavy atom. The topological polar surface area (TPSA) is 43.9 Å². The summed E-state index contributed by atoms with van der Waals surface area (Å²) in [5.74, 6) is 1.81. The molecule has 0 radical (unpaired) electrons. The highest BCUT2D eigenvalue weighted by Gasteiger charge is 2.32. The molecule has 5 heteroatoms. The van der Waals surface area contributed by atoms with Crippen molar-refractivity contribution >= 4 is 11.7 Å². The third-order valence-electron chi connectivity index (χ3n) is 6.34.